The minimum absolute atomic E-state index is 0.102. The lowest BCUT2D eigenvalue weighted by Gasteiger charge is -2.28. The van der Waals surface area contributed by atoms with E-state index in [1.165, 1.54) is 38.9 Å². The van der Waals surface area contributed by atoms with Crippen molar-refractivity contribution in [1.29, 1.82) is 0 Å². The Labute approximate surface area is 129 Å². The Hall–Kier alpha value is -1.56. The first-order valence-corrected chi connectivity index (χ1v) is 7.90. The van der Waals surface area contributed by atoms with E-state index in [0.29, 0.717) is 0 Å². The van der Waals surface area contributed by atoms with E-state index in [2.05, 4.69) is 78.8 Å². The van der Waals surface area contributed by atoms with Crippen LogP contribution in [0.3, 0.4) is 0 Å². The Balaban J connectivity index is 2.42. The smallest absolute Gasteiger partial charge is 0.0159 e. The summed E-state index contributed by atoms with van der Waals surface area (Å²) < 4.78 is 0. The number of rotatable bonds is 0. The van der Waals surface area contributed by atoms with Gasteiger partial charge < -0.3 is 0 Å². The van der Waals surface area contributed by atoms with Crippen LogP contribution in [-0.2, 0) is 10.8 Å². The molecule has 0 bridgehead atoms. The van der Waals surface area contributed by atoms with E-state index in [9.17, 15) is 0 Å². The molecule has 0 aliphatic heterocycles. The van der Waals surface area contributed by atoms with E-state index in [0.717, 1.165) is 0 Å². The van der Waals surface area contributed by atoms with Crippen LogP contribution in [0.2, 0.25) is 0 Å². The van der Waals surface area contributed by atoms with Crippen LogP contribution >= 0.6 is 0 Å². The maximum absolute atomic E-state index is 2.47. The first kappa shape index (κ1) is 14.4. The van der Waals surface area contributed by atoms with Crippen LogP contribution in [-0.4, -0.2) is 0 Å². The molecule has 3 rings (SSSR count). The number of benzene rings is 2. The summed E-state index contributed by atoms with van der Waals surface area (Å²) in [5, 5.41) is 0. The van der Waals surface area contributed by atoms with Crippen LogP contribution in [0.25, 0.3) is 11.1 Å². The minimum Gasteiger partial charge on any atom is -0.0619 e. The van der Waals surface area contributed by atoms with Gasteiger partial charge in [-0.2, -0.15) is 0 Å². The van der Waals surface area contributed by atoms with Gasteiger partial charge in [0.2, 0.25) is 0 Å². The average Bonchev–Trinajstić information content (AvgIpc) is 2.62. The lowest BCUT2D eigenvalue weighted by molar-refractivity contribution is 0.580. The van der Waals surface area contributed by atoms with Gasteiger partial charge in [-0.05, 0) is 58.2 Å². The molecule has 21 heavy (non-hydrogen) atoms. The third-order valence-corrected chi connectivity index (χ3v) is 5.25. The molecule has 110 valence electrons. The summed E-state index contributed by atoms with van der Waals surface area (Å²) in [5.41, 5.74) is 10.5. The molecule has 1 aliphatic carbocycles. The number of fused-ring (bicyclic) bond motifs is 3. The molecule has 2 aromatic rings. The molecule has 1 aliphatic rings. The maximum Gasteiger partial charge on any atom is 0.0159 e. The fourth-order valence-electron chi connectivity index (χ4n) is 3.93. The van der Waals surface area contributed by atoms with E-state index in [4.69, 9.17) is 0 Å². The molecule has 0 fully saturated rings. The Morgan fingerprint density at radius 1 is 0.857 bits per heavy atom. The van der Waals surface area contributed by atoms with Crippen molar-refractivity contribution in [1.82, 2.24) is 0 Å². The summed E-state index contributed by atoms with van der Waals surface area (Å²) in [6.07, 6.45) is 0. The van der Waals surface area contributed by atoms with Crippen LogP contribution < -0.4 is 0 Å². The van der Waals surface area contributed by atoms with Crippen LogP contribution in [0.1, 0.15) is 62.4 Å². The first-order valence-electron chi connectivity index (χ1n) is 7.90. The molecule has 0 nitrogen and oxygen atoms in total. The first-order chi connectivity index (χ1) is 9.65. The van der Waals surface area contributed by atoms with Gasteiger partial charge in [-0.25, -0.2) is 0 Å². The monoisotopic (exact) mass is 278 g/mol. The van der Waals surface area contributed by atoms with Gasteiger partial charge >= 0.3 is 0 Å². The van der Waals surface area contributed by atoms with Crippen LogP contribution in [0.15, 0.2) is 30.3 Å². The second kappa shape index (κ2) is 4.22. The zero-order valence-corrected chi connectivity index (χ0v) is 14.4. The molecule has 0 heterocycles. The fraction of sp³-hybridized carbons (Fsp3) is 0.429. The summed E-state index contributed by atoms with van der Waals surface area (Å²) in [7, 11) is 0. The summed E-state index contributed by atoms with van der Waals surface area (Å²) >= 11 is 0. The SMILES string of the molecule is Cc1c(C(C)(C)C)cc2c(c1C)-c1ccccc1C2(C)C. The molecule has 0 heteroatoms. The number of hydrogen-bond acceptors (Lipinski definition) is 0. The third-order valence-electron chi connectivity index (χ3n) is 5.25. The van der Waals surface area contributed by atoms with Crippen LogP contribution in [0.4, 0.5) is 0 Å². The van der Waals surface area contributed by atoms with Crippen molar-refractivity contribution in [2.75, 3.05) is 0 Å². The minimum atomic E-state index is 0.102. The van der Waals surface area contributed by atoms with Crippen molar-refractivity contribution < 1.29 is 0 Å². The number of hydrogen-bond donors (Lipinski definition) is 0. The van der Waals surface area contributed by atoms with Crippen molar-refractivity contribution in [3.8, 4) is 11.1 Å². The second-order valence-corrected chi connectivity index (χ2v) is 8.02. The van der Waals surface area contributed by atoms with E-state index in [1.54, 1.807) is 0 Å². The lowest BCUT2D eigenvalue weighted by atomic mass is 9.76. The quantitative estimate of drug-likeness (QED) is 0.562. The van der Waals surface area contributed by atoms with Gasteiger partial charge in [0, 0.05) is 5.41 Å². The molecule has 0 N–H and O–H groups in total. The topological polar surface area (TPSA) is 0 Å². The molecular weight excluding hydrogens is 252 g/mol. The van der Waals surface area contributed by atoms with Crippen LogP contribution in [0, 0.1) is 13.8 Å². The zero-order valence-electron chi connectivity index (χ0n) is 14.4. The highest BCUT2D eigenvalue weighted by Gasteiger charge is 2.37. The summed E-state index contributed by atoms with van der Waals surface area (Å²) in [5.74, 6) is 0. The highest BCUT2D eigenvalue weighted by atomic mass is 14.4. The summed E-state index contributed by atoms with van der Waals surface area (Å²) in [4.78, 5) is 0. The van der Waals surface area contributed by atoms with Crippen molar-refractivity contribution in [2.45, 2.75) is 59.3 Å². The third kappa shape index (κ3) is 1.88. The van der Waals surface area contributed by atoms with E-state index < -0.39 is 0 Å². The van der Waals surface area contributed by atoms with Gasteiger partial charge in [-0.3, -0.25) is 0 Å². The van der Waals surface area contributed by atoms with Gasteiger partial charge in [0.15, 0.2) is 0 Å². The zero-order chi connectivity index (χ0) is 15.6. The molecule has 0 saturated heterocycles. The van der Waals surface area contributed by atoms with Crippen molar-refractivity contribution in [3.05, 3.63) is 58.1 Å². The van der Waals surface area contributed by atoms with Crippen molar-refractivity contribution in [3.63, 3.8) is 0 Å². The second-order valence-electron chi connectivity index (χ2n) is 8.02. The van der Waals surface area contributed by atoms with Gasteiger partial charge in [0.25, 0.3) is 0 Å². The predicted octanol–water partition coefficient (Wildman–Crippen LogP) is 5.91. The molecule has 0 radical (unpaired) electrons. The molecule has 0 amide bonds. The van der Waals surface area contributed by atoms with Gasteiger partial charge in [-0.15, -0.1) is 0 Å². The molecule has 0 spiro atoms. The Kier molecular flexibility index (Phi) is 2.89. The molecule has 0 saturated carbocycles. The summed E-state index contributed by atoms with van der Waals surface area (Å²) in [6.45, 7) is 16.2. The highest BCUT2D eigenvalue weighted by Crippen LogP contribution is 2.51. The Bertz CT molecular complexity index is 724. The molecular formula is C21H26. The molecule has 2 aromatic carbocycles. The maximum atomic E-state index is 2.47. The Morgan fingerprint density at radius 2 is 1.48 bits per heavy atom. The van der Waals surface area contributed by atoms with Crippen molar-refractivity contribution in [2.24, 2.45) is 0 Å². The lowest BCUT2D eigenvalue weighted by Crippen LogP contribution is -2.19. The van der Waals surface area contributed by atoms with E-state index in [1.807, 2.05) is 0 Å². The summed E-state index contributed by atoms with van der Waals surface area (Å²) in [6, 6.07) is 11.4. The van der Waals surface area contributed by atoms with Crippen molar-refractivity contribution >= 4 is 0 Å². The molecule has 0 aromatic heterocycles. The van der Waals surface area contributed by atoms with Gasteiger partial charge in [0.05, 0.1) is 0 Å². The highest BCUT2D eigenvalue weighted by molar-refractivity contribution is 5.84. The largest absolute Gasteiger partial charge is 0.0619 e. The van der Waals surface area contributed by atoms with Gasteiger partial charge in [-0.1, -0.05) is 65.0 Å². The molecule has 0 unspecified atom stereocenters. The Morgan fingerprint density at radius 3 is 2.10 bits per heavy atom. The normalized spacial score (nSPS) is 15.8. The molecule has 0 atom stereocenters. The predicted molar refractivity (Wildman–Crippen MR) is 92.2 cm³/mol. The fourth-order valence-corrected chi connectivity index (χ4v) is 3.93. The standard InChI is InChI=1S/C21H26/c1-13-14(2)19-15-10-8-9-11-16(15)21(6,7)18(19)12-17(13)20(3,4)5/h8-12H,1-7H3. The average molecular weight is 278 g/mol. The van der Waals surface area contributed by atoms with Gasteiger partial charge in [0.1, 0.15) is 0 Å². The van der Waals surface area contributed by atoms with E-state index in [-0.39, 0.29) is 10.8 Å². The van der Waals surface area contributed by atoms with E-state index >= 15 is 0 Å². The van der Waals surface area contributed by atoms with Crippen LogP contribution in [0.5, 0.6) is 0 Å².